The van der Waals surface area contributed by atoms with Gasteiger partial charge in [-0.05, 0) is 35.9 Å². The smallest absolute Gasteiger partial charge is 0.255 e. The van der Waals surface area contributed by atoms with Crippen molar-refractivity contribution in [3.63, 3.8) is 0 Å². The minimum absolute atomic E-state index is 0.0928. The SMILES string of the molecule is CN(C)S(=O)(=O)c1ccc(NS(=O)(=O)/C=C/c2ccccc2)cc1. The number of hydrogen-bond acceptors (Lipinski definition) is 4. The van der Waals surface area contributed by atoms with Gasteiger partial charge in [0.05, 0.1) is 10.3 Å². The van der Waals surface area contributed by atoms with Crippen LogP contribution >= 0.6 is 0 Å². The van der Waals surface area contributed by atoms with Crippen molar-refractivity contribution in [3.05, 3.63) is 65.6 Å². The molecule has 0 fully saturated rings. The molecule has 0 radical (unpaired) electrons. The molecule has 0 saturated carbocycles. The van der Waals surface area contributed by atoms with E-state index >= 15 is 0 Å². The fraction of sp³-hybridized carbons (Fsp3) is 0.125. The first-order valence-electron chi connectivity index (χ1n) is 6.99. The average molecular weight is 366 g/mol. The summed E-state index contributed by atoms with van der Waals surface area (Å²) in [5.41, 5.74) is 1.04. The lowest BCUT2D eigenvalue weighted by Gasteiger charge is -2.11. The van der Waals surface area contributed by atoms with Crippen LogP contribution in [0.5, 0.6) is 0 Å². The first-order valence-corrected chi connectivity index (χ1v) is 9.98. The van der Waals surface area contributed by atoms with Crippen LogP contribution in [0.4, 0.5) is 5.69 Å². The zero-order chi connectivity index (χ0) is 17.8. The molecule has 2 rings (SSSR count). The fourth-order valence-electron chi connectivity index (χ4n) is 1.84. The van der Waals surface area contributed by atoms with Gasteiger partial charge in [-0.15, -0.1) is 0 Å². The lowest BCUT2D eigenvalue weighted by molar-refractivity contribution is 0.521. The van der Waals surface area contributed by atoms with Crippen LogP contribution < -0.4 is 4.72 Å². The summed E-state index contributed by atoms with van der Waals surface area (Å²) in [5, 5.41) is 1.06. The third-order valence-electron chi connectivity index (χ3n) is 3.13. The summed E-state index contributed by atoms with van der Waals surface area (Å²) < 4.78 is 51.5. The molecule has 0 aliphatic carbocycles. The summed E-state index contributed by atoms with van der Waals surface area (Å²) >= 11 is 0. The van der Waals surface area contributed by atoms with E-state index in [2.05, 4.69) is 4.72 Å². The maximum absolute atomic E-state index is 12.0. The quantitative estimate of drug-likeness (QED) is 0.851. The number of rotatable bonds is 6. The van der Waals surface area contributed by atoms with Crippen molar-refractivity contribution in [3.8, 4) is 0 Å². The minimum Gasteiger partial charge on any atom is -0.280 e. The number of sulfonamides is 2. The zero-order valence-corrected chi connectivity index (χ0v) is 14.9. The molecule has 0 atom stereocenters. The first-order chi connectivity index (χ1) is 11.2. The number of hydrogen-bond donors (Lipinski definition) is 1. The van der Waals surface area contributed by atoms with Gasteiger partial charge in [0, 0.05) is 19.8 Å². The van der Waals surface area contributed by atoms with Crippen LogP contribution in [0.3, 0.4) is 0 Å². The normalized spacial score (nSPS) is 12.6. The Labute approximate surface area is 142 Å². The molecule has 0 bridgehead atoms. The van der Waals surface area contributed by atoms with E-state index in [4.69, 9.17) is 0 Å². The largest absolute Gasteiger partial charge is 0.280 e. The van der Waals surface area contributed by atoms with Crippen molar-refractivity contribution in [1.82, 2.24) is 4.31 Å². The Bertz CT molecular complexity index is 918. The van der Waals surface area contributed by atoms with Gasteiger partial charge < -0.3 is 0 Å². The predicted octanol–water partition coefficient (Wildman–Crippen LogP) is 2.35. The predicted molar refractivity (Wildman–Crippen MR) is 95.3 cm³/mol. The second-order valence-electron chi connectivity index (χ2n) is 5.17. The summed E-state index contributed by atoms with van der Waals surface area (Å²) in [4.78, 5) is 0.0928. The van der Waals surface area contributed by atoms with E-state index in [0.29, 0.717) is 0 Å². The van der Waals surface area contributed by atoms with Crippen molar-refractivity contribution < 1.29 is 16.8 Å². The molecule has 0 heterocycles. The van der Waals surface area contributed by atoms with Crippen LogP contribution in [0.1, 0.15) is 5.56 Å². The summed E-state index contributed by atoms with van der Waals surface area (Å²) in [6.45, 7) is 0. The maximum Gasteiger partial charge on any atom is 0.255 e. The van der Waals surface area contributed by atoms with Gasteiger partial charge in [0.15, 0.2) is 0 Å². The molecule has 2 aromatic rings. The zero-order valence-electron chi connectivity index (χ0n) is 13.2. The van der Waals surface area contributed by atoms with Gasteiger partial charge in [-0.3, -0.25) is 4.72 Å². The van der Waals surface area contributed by atoms with Crippen molar-refractivity contribution in [1.29, 1.82) is 0 Å². The molecule has 0 aliphatic heterocycles. The van der Waals surface area contributed by atoms with E-state index in [0.717, 1.165) is 15.3 Å². The molecule has 0 unspecified atom stereocenters. The van der Waals surface area contributed by atoms with E-state index in [-0.39, 0.29) is 10.6 Å². The monoisotopic (exact) mass is 366 g/mol. The molecular weight excluding hydrogens is 348 g/mol. The Morgan fingerprint density at radius 1 is 0.875 bits per heavy atom. The molecular formula is C16H18N2O4S2. The summed E-state index contributed by atoms with van der Waals surface area (Å²) in [7, 11) is -4.37. The number of nitrogens with one attached hydrogen (secondary N) is 1. The molecule has 0 spiro atoms. The average Bonchev–Trinajstić information content (AvgIpc) is 2.54. The van der Waals surface area contributed by atoms with Gasteiger partial charge in [0.1, 0.15) is 0 Å². The lowest BCUT2D eigenvalue weighted by Crippen LogP contribution is -2.22. The standard InChI is InChI=1S/C16H18N2O4S2/c1-18(2)24(21,22)16-10-8-15(9-11-16)17-23(19,20)13-12-14-6-4-3-5-7-14/h3-13,17H,1-2H3/b13-12+. The Hall–Kier alpha value is -2.16. The van der Waals surface area contributed by atoms with Crippen molar-refractivity contribution in [2.24, 2.45) is 0 Å². The molecule has 1 N–H and O–H groups in total. The van der Waals surface area contributed by atoms with Gasteiger partial charge >= 0.3 is 0 Å². The van der Waals surface area contributed by atoms with Crippen molar-refractivity contribution in [2.45, 2.75) is 4.90 Å². The highest BCUT2D eigenvalue weighted by molar-refractivity contribution is 7.95. The lowest BCUT2D eigenvalue weighted by atomic mass is 10.2. The molecule has 0 amide bonds. The molecule has 2 aromatic carbocycles. The number of anilines is 1. The number of benzene rings is 2. The topological polar surface area (TPSA) is 83.6 Å². The second-order valence-corrected chi connectivity index (χ2v) is 8.89. The Balaban J connectivity index is 2.15. The fourth-order valence-corrected chi connectivity index (χ4v) is 3.61. The van der Waals surface area contributed by atoms with E-state index in [1.54, 1.807) is 12.1 Å². The third-order valence-corrected chi connectivity index (χ3v) is 5.98. The molecule has 8 heteroatoms. The maximum atomic E-state index is 12.0. The van der Waals surface area contributed by atoms with E-state index in [1.165, 1.54) is 44.4 Å². The van der Waals surface area contributed by atoms with Crippen molar-refractivity contribution in [2.75, 3.05) is 18.8 Å². The third kappa shape index (κ3) is 4.67. The van der Waals surface area contributed by atoms with Crippen LogP contribution in [0.25, 0.3) is 6.08 Å². The van der Waals surface area contributed by atoms with Gasteiger partial charge in [-0.1, -0.05) is 30.3 Å². The summed E-state index contributed by atoms with van der Waals surface area (Å²) in [5.74, 6) is 0. The Morgan fingerprint density at radius 3 is 2.00 bits per heavy atom. The van der Waals surface area contributed by atoms with E-state index in [1.807, 2.05) is 18.2 Å². The van der Waals surface area contributed by atoms with Crippen LogP contribution in [-0.2, 0) is 20.0 Å². The Kier molecular flexibility index (Phi) is 5.43. The second kappa shape index (κ2) is 7.16. The highest BCUT2D eigenvalue weighted by atomic mass is 32.2. The summed E-state index contributed by atoms with van der Waals surface area (Å²) in [6.07, 6.45) is 1.48. The minimum atomic E-state index is -3.69. The Morgan fingerprint density at radius 2 is 1.46 bits per heavy atom. The molecule has 128 valence electrons. The molecule has 6 nitrogen and oxygen atoms in total. The van der Waals surface area contributed by atoms with Crippen LogP contribution in [0, 0.1) is 0 Å². The van der Waals surface area contributed by atoms with E-state index < -0.39 is 20.0 Å². The van der Waals surface area contributed by atoms with E-state index in [9.17, 15) is 16.8 Å². The van der Waals surface area contributed by atoms with Crippen LogP contribution in [0.15, 0.2) is 64.9 Å². The molecule has 0 aromatic heterocycles. The molecule has 0 saturated heterocycles. The molecule has 24 heavy (non-hydrogen) atoms. The van der Waals surface area contributed by atoms with Gasteiger partial charge in [-0.2, -0.15) is 0 Å². The van der Waals surface area contributed by atoms with Gasteiger partial charge in [-0.25, -0.2) is 21.1 Å². The number of nitrogens with zero attached hydrogens (tertiary/aromatic N) is 1. The van der Waals surface area contributed by atoms with Crippen LogP contribution in [0.2, 0.25) is 0 Å². The molecule has 0 aliphatic rings. The van der Waals surface area contributed by atoms with Crippen LogP contribution in [-0.4, -0.2) is 35.2 Å². The van der Waals surface area contributed by atoms with Gasteiger partial charge in [0.2, 0.25) is 10.0 Å². The highest BCUT2D eigenvalue weighted by Crippen LogP contribution is 2.18. The summed E-state index contributed by atoms with van der Waals surface area (Å²) in [6, 6.07) is 14.6. The first kappa shape index (κ1) is 18.2. The van der Waals surface area contributed by atoms with Crippen molar-refractivity contribution >= 4 is 31.8 Å². The van der Waals surface area contributed by atoms with Gasteiger partial charge in [0.25, 0.3) is 10.0 Å². The highest BCUT2D eigenvalue weighted by Gasteiger charge is 2.17.